The fourth-order valence-electron chi connectivity index (χ4n) is 2.27. The Morgan fingerprint density at radius 3 is 2.76 bits per heavy atom. The van der Waals surface area contributed by atoms with Crippen molar-refractivity contribution in [2.45, 2.75) is 19.8 Å². The van der Waals surface area contributed by atoms with Crippen LogP contribution in [0.2, 0.25) is 0 Å². The van der Waals surface area contributed by atoms with E-state index in [-0.39, 0.29) is 0 Å². The van der Waals surface area contributed by atoms with Gasteiger partial charge in [0.2, 0.25) is 0 Å². The van der Waals surface area contributed by atoms with Gasteiger partial charge in [0.05, 0.1) is 11.9 Å². The monoisotopic (exact) mass is 234 g/mol. The van der Waals surface area contributed by atoms with Crippen LogP contribution in [-0.4, -0.2) is 36.1 Å². The van der Waals surface area contributed by atoms with Crippen LogP contribution in [0.3, 0.4) is 0 Å². The van der Waals surface area contributed by atoms with Gasteiger partial charge in [-0.25, -0.2) is 4.98 Å². The maximum atomic E-state index is 5.60. The van der Waals surface area contributed by atoms with E-state index in [4.69, 9.17) is 5.73 Å². The van der Waals surface area contributed by atoms with Crippen LogP contribution in [0.4, 0.5) is 11.5 Å². The van der Waals surface area contributed by atoms with Gasteiger partial charge < -0.3 is 16.0 Å². The molecule has 0 unspecified atom stereocenters. The summed E-state index contributed by atoms with van der Waals surface area (Å²) in [6.07, 6.45) is 4.27. The average Bonchev–Trinajstić information content (AvgIpc) is 2.39. The summed E-state index contributed by atoms with van der Waals surface area (Å²) < 4.78 is 0. The minimum Gasteiger partial charge on any atom is -0.397 e. The third-order valence-electron chi connectivity index (χ3n) is 3.51. The second-order valence-corrected chi connectivity index (χ2v) is 4.74. The van der Waals surface area contributed by atoms with Crippen molar-refractivity contribution in [2.75, 3.05) is 37.2 Å². The van der Waals surface area contributed by atoms with E-state index >= 15 is 0 Å². The molecule has 0 bridgehead atoms. The summed E-state index contributed by atoms with van der Waals surface area (Å²) in [6, 6.07) is 3.82. The maximum Gasteiger partial charge on any atom is 0.126 e. The molecule has 0 atom stereocenters. The van der Waals surface area contributed by atoms with Crippen molar-refractivity contribution in [3.8, 4) is 0 Å². The molecule has 0 radical (unpaired) electrons. The van der Waals surface area contributed by atoms with E-state index in [1.165, 1.54) is 32.5 Å². The van der Waals surface area contributed by atoms with E-state index in [1.807, 2.05) is 12.1 Å². The van der Waals surface area contributed by atoms with Crippen LogP contribution in [0.5, 0.6) is 0 Å². The van der Waals surface area contributed by atoms with Gasteiger partial charge >= 0.3 is 0 Å². The number of pyridine rings is 1. The minimum absolute atomic E-state index is 0.715. The Labute approximate surface area is 103 Å². The molecule has 1 saturated heterocycles. The van der Waals surface area contributed by atoms with Crippen LogP contribution in [0.1, 0.15) is 19.8 Å². The number of aromatic nitrogens is 1. The molecule has 0 saturated carbocycles. The summed E-state index contributed by atoms with van der Waals surface area (Å²) >= 11 is 0. The molecule has 17 heavy (non-hydrogen) atoms. The zero-order chi connectivity index (χ0) is 12.1. The Bertz CT molecular complexity index is 328. The number of likely N-dealkylation sites (tertiary alicyclic amines) is 1. The first kappa shape index (κ1) is 12.2. The number of rotatable bonds is 4. The number of nitrogen functional groups attached to an aromatic ring is 1. The Morgan fingerprint density at radius 1 is 1.41 bits per heavy atom. The number of hydrogen-bond donors (Lipinski definition) is 2. The van der Waals surface area contributed by atoms with Gasteiger partial charge in [-0.15, -0.1) is 0 Å². The molecule has 3 N–H and O–H groups in total. The number of nitrogens with one attached hydrogen (secondary N) is 1. The van der Waals surface area contributed by atoms with Crippen LogP contribution in [0.25, 0.3) is 0 Å². The fourth-order valence-corrected chi connectivity index (χ4v) is 2.27. The first-order valence-corrected chi connectivity index (χ1v) is 6.45. The van der Waals surface area contributed by atoms with Gasteiger partial charge in [-0.05, 0) is 50.5 Å². The van der Waals surface area contributed by atoms with E-state index in [1.54, 1.807) is 6.20 Å². The molecule has 0 aromatic carbocycles. The molecular formula is C13H22N4. The highest BCUT2D eigenvalue weighted by molar-refractivity contribution is 5.43. The lowest BCUT2D eigenvalue weighted by atomic mass is 9.97. The largest absolute Gasteiger partial charge is 0.397 e. The fraction of sp³-hybridized carbons (Fsp3) is 0.615. The van der Waals surface area contributed by atoms with Crippen molar-refractivity contribution in [1.82, 2.24) is 9.88 Å². The number of nitrogens with zero attached hydrogens (tertiary/aromatic N) is 2. The van der Waals surface area contributed by atoms with Crippen LogP contribution >= 0.6 is 0 Å². The third kappa shape index (κ3) is 3.60. The Morgan fingerprint density at radius 2 is 2.18 bits per heavy atom. The van der Waals surface area contributed by atoms with Gasteiger partial charge in [0.25, 0.3) is 0 Å². The predicted octanol–water partition coefficient (Wildman–Crippen LogP) is 1.81. The SMILES string of the molecule is CCN1CCC(CNc2ccc(N)cn2)CC1. The minimum atomic E-state index is 0.715. The molecule has 4 nitrogen and oxygen atoms in total. The van der Waals surface area contributed by atoms with Crippen LogP contribution in [0, 0.1) is 5.92 Å². The predicted molar refractivity (Wildman–Crippen MR) is 72.0 cm³/mol. The Balaban J connectivity index is 1.74. The third-order valence-corrected chi connectivity index (χ3v) is 3.51. The van der Waals surface area contributed by atoms with Gasteiger partial charge in [0, 0.05) is 6.54 Å². The Kier molecular flexibility index (Phi) is 4.20. The second kappa shape index (κ2) is 5.87. The van der Waals surface area contributed by atoms with E-state index < -0.39 is 0 Å². The highest BCUT2D eigenvalue weighted by Gasteiger charge is 2.17. The number of piperidine rings is 1. The van der Waals surface area contributed by atoms with Crippen molar-refractivity contribution in [3.05, 3.63) is 18.3 Å². The molecule has 1 aromatic rings. The van der Waals surface area contributed by atoms with Crippen molar-refractivity contribution in [2.24, 2.45) is 5.92 Å². The lowest BCUT2D eigenvalue weighted by Gasteiger charge is -2.31. The van der Waals surface area contributed by atoms with Gasteiger partial charge in [-0.2, -0.15) is 0 Å². The molecule has 94 valence electrons. The molecule has 2 heterocycles. The standard InChI is InChI=1S/C13H22N4/c1-2-17-7-5-11(6-8-17)9-15-13-4-3-12(14)10-16-13/h3-4,10-11H,2,5-9,14H2,1H3,(H,15,16). The zero-order valence-corrected chi connectivity index (χ0v) is 10.5. The molecule has 0 aliphatic carbocycles. The topological polar surface area (TPSA) is 54.2 Å². The summed E-state index contributed by atoms with van der Waals surface area (Å²) in [5.74, 6) is 1.70. The first-order chi connectivity index (χ1) is 8.28. The molecular weight excluding hydrogens is 212 g/mol. The zero-order valence-electron chi connectivity index (χ0n) is 10.5. The first-order valence-electron chi connectivity index (χ1n) is 6.45. The van der Waals surface area contributed by atoms with E-state index in [0.717, 1.165) is 18.3 Å². The molecule has 0 spiro atoms. The maximum absolute atomic E-state index is 5.60. The number of hydrogen-bond acceptors (Lipinski definition) is 4. The van der Waals surface area contributed by atoms with Gasteiger partial charge in [0.1, 0.15) is 5.82 Å². The molecule has 1 aliphatic heterocycles. The summed E-state index contributed by atoms with van der Waals surface area (Å²) in [5, 5.41) is 3.39. The molecule has 1 fully saturated rings. The molecule has 1 aliphatic rings. The highest BCUT2D eigenvalue weighted by Crippen LogP contribution is 2.17. The highest BCUT2D eigenvalue weighted by atomic mass is 15.1. The van der Waals surface area contributed by atoms with Gasteiger partial charge in [-0.1, -0.05) is 6.92 Å². The van der Waals surface area contributed by atoms with Crippen molar-refractivity contribution < 1.29 is 0 Å². The van der Waals surface area contributed by atoms with Crippen LogP contribution < -0.4 is 11.1 Å². The van der Waals surface area contributed by atoms with E-state index in [0.29, 0.717) is 5.69 Å². The summed E-state index contributed by atoms with van der Waals surface area (Å²) in [5.41, 5.74) is 6.32. The summed E-state index contributed by atoms with van der Waals surface area (Å²) in [4.78, 5) is 6.76. The van der Waals surface area contributed by atoms with E-state index in [2.05, 4.69) is 22.1 Å². The quantitative estimate of drug-likeness (QED) is 0.834. The summed E-state index contributed by atoms with van der Waals surface area (Å²) in [7, 11) is 0. The van der Waals surface area contributed by atoms with Crippen molar-refractivity contribution in [1.29, 1.82) is 0 Å². The summed E-state index contributed by atoms with van der Waals surface area (Å²) in [6.45, 7) is 6.90. The average molecular weight is 234 g/mol. The van der Waals surface area contributed by atoms with Crippen molar-refractivity contribution >= 4 is 11.5 Å². The van der Waals surface area contributed by atoms with Gasteiger partial charge in [-0.3, -0.25) is 0 Å². The van der Waals surface area contributed by atoms with Crippen LogP contribution in [0.15, 0.2) is 18.3 Å². The smallest absolute Gasteiger partial charge is 0.126 e. The number of nitrogens with two attached hydrogens (primary N) is 1. The van der Waals surface area contributed by atoms with Crippen LogP contribution in [-0.2, 0) is 0 Å². The van der Waals surface area contributed by atoms with E-state index in [9.17, 15) is 0 Å². The Hall–Kier alpha value is -1.29. The lowest BCUT2D eigenvalue weighted by Crippen LogP contribution is -2.35. The second-order valence-electron chi connectivity index (χ2n) is 4.74. The van der Waals surface area contributed by atoms with Crippen molar-refractivity contribution in [3.63, 3.8) is 0 Å². The van der Waals surface area contributed by atoms with Gasteiger partial charge in [0.15, 0.2) is 0 Å². The lowest BCUT2D eigenvalue weighted by molar-refractivity contribution is 0.198. The normalized spacial score (nSPS) is 18.2. The number of anilines is 2. The molecule has 1 aromatic heterocycles. The molecule has 4 heteroatoms. The molecule has 2 rings (SSSR count). The molecule has 0 amide bonds.